The van der Waals surface area contributed by atoms with Gasteiger partial charge in [0.25, 0.3) is 0 Å². The first-order chi connectivity index (χ1) is 15.0. The Hall–Kier alpha value is -2.12. The number of halogens is 2. The zero-order valence-electron chi connectivity index (χ0n) is 16.7. The molecule has 1 amide bonds. The van der Waals surface area contributed by atoms with Crippen molar-refractivity contribution in [3.05, 3.63) is 82.1 Å². The largest absolute Gasteiger partial charge is 0.284 e. The number of aromatic nitrogens is 2. The van der Waals surface area contributed by atoms with Gasteiger partial charge in [-0.05, 0) is 60.5 Å². The van der Waals surface area contributed by atoms with Crippen LogP contribution in [0.1, 0.15) is 17.5 Å². The summed E-state index contributed by atoms with van der Waals surface area (Å²) >= 11 is 15.4. The summed E-state index contributed by atoms with van der Waals surface area (Å²) in [5.74, 6) is 0.688. The summed E-state index contributed by atoms with van der Waals surface area (Å²) in [6, 6.07) is 15.3. The maximum absolute atomic E-state index is 13.2. The second-order valence-corrected chi connectivity index (χ2v) is 9.93. The van der Waals surface area contributed by atoms with Crippen LogP contribution in [-0.4, -0.2) is 21.6 Å². The number of carbonyl (C=O) groups excluding carboxylic acids is 1. The summed E-state index contributed by atoms with van der Waals surface area (Å²) in [6.07, 6.45) is 3.89. The van der Waals surface area contributed by atoms with Crippen molar-refractivity contribution in [1.29, 1.82) is 0 Å². The van der Waals surface area contributed by atoms with E-state index in [1.807, 2.05) is 55.5 Å². The van der Waals surface area contributed by atoms with E-state index < -0.39 is 0 Å². The summed E-state index contributed by atoms with van der Waals surface area (Å²) in [6.45, 7) is 2.37. The van der Waals surface area contributed by atoms with Gasteiger partial charge >= 0.3 is 0 Å². The number of amides is 1. The van der Waals surface area contributed by atoms with Gasteiger partial charge in [0.2, 0.25) is 5.91 Å². The molecule has 0 saturated carbocycles. The quantitative estimate of drug-likeness (QED) is 0.262. The first kappa shape index (κ1) is 22.1. The van der Waals surface area contributed by atoms with Crippen LogP contribution in [0.3, 0.4) is 0 Å². The molecule has 0 aliphatic rings. The molecule has 0 saturated heterocycles. The molecule has 0 fully saturated rings. The van der Waals surface area contributed by atoms with Crippen molar-refractivity contribution in [3.63, 3.8) is 0 Å². The number of pyridine rings is 1. The van der Waals surface area contributed by atoms with Gasteiger partial charge in [-0.15, -0.1) is 11.8 Å². The molecule has 4 rings (SSSR count). The Labute approximate surface area is 199 Å². The predicted molar refractivity (Wildman–Crippen MR) is 132 cm³/mol. The van der Waals surface area contributed by atoms with Gasteiger partial charge < -0.3 is 0 Å². The number of carbonyl (C=O) groups is 1. The second kappa shape index (κ2) is 10.0. The highest BCUT2D eigenvalue weighted by Crippen LogP contribution is 2.34. The number of nitrogens with zero attached hydrogens (tertiary/aromatic N) is 3. The zero-order valence-corrected chi connectivity index (χ0v) is 19.9. The highest BCUT2D eigenvalue weighted by Gasteiger charge is 2.21. The fraction of sp³-hybridized carbons (Fsp3) is 0.174. The van der Waals surface area contributed by atoms with Crippen LogP contribution < -0.4 is 4.90 Å². The summed E-state index contributed by atoms with van der Waals surface area (Å²) in [4.78, 5) is 25.0. The number of thiazole rings is 1. The van der Waals surface area contributed by atoms with Gasteiger partial charge in [0.15, 0.2) is 5.13 Å². The number of aryl methyl sites for hydroxylation is 1. The van der Waals surface area contributed by atoms with Crippen molar-refractivity contribution in [1.82, 2.24) is 9.97 Å². The first-order valence-corrected chi connectivity index (χ1v) is 12.2. The Balaban J connectivity index is 1.56. The number of anilines is 1. The molecular formula is C23H19Cl2N3OS2. The number of rotatable bonds is 7. The smallest absolute Gasteiger partial charge is 0.229 e. The van der Waals surface area contributed by atoms with Gasteiger partial charge in [0.1, 0.15) is 0 Å². The van der Waals surface area contributed by atoms with Gasteiger partial charge in [-0.1, -0.05) is 40.6 Å². The lowest BCUT2D eigenvalue weighted by Gasteiger charge is -2.20. The third-order valence-corrected chi connectivity index (χ3v) is 7.45. The maximum Gasteiger partial charge on any atom is 0.229 e. The number of hydrogen-bond acceptors (Lipinski definition) is 5. The molecule has 8 heteroatoms. The van der Waals surface area contributed by atoms with Crippen LogP contribution in [0.15, 0.2) is 65.8 Å². The third-order valence-electron chi connectivity index (χ3n) is 4.73. The SMILES string of the molecule is Cc1c(Cl)ccc2sc(N(Cc3cccnc3)C(=O)CCSc3ccc(Cl)cc3)nc12. The van der Waals surface area contributed by atoms with E-state index >= 15 is 0 Å². The number of thioether (sulfide) groups is 1. The van der Waals surface area contributed by atoms with Crippen molar-refractivity contribution < 1.29 is 4.79 Å². The first-order valence-electron chi connectivity index (χ1n) is 9.64. The maximum atomic E-state index is 13.2. The zero-order chi connectivity index (χ0) is 21.8. The molecule has 0 spiro atoms. The van der Waals surface area contributed by atoms with Crippen LogP contribution in [0.5, 0.6) is 0 Å². The molecular weight excluding hydrogens is 469 g/mol. The number of hydrogen-bond donors (Lipinski definition) is 0. The minimum atomic E-state index is 0.0214. The molecule has 0 radical (unpaired) electrons. The van der Waals surface area contributed by atoms with E-state index in [-0.39, 0.29) is 5.91 Å². The average molecular weight is 488 g/mol. The van der Waals surface area contributed by atoms with Crippen LogP contribution in [-0.2, 0) is 11.3 Å². The summed E-state index contributed by atoms with van der Waals surface area (Å²) < 4.78 is 1.01. The molecule has 0 aliphatic heterocycles. The van der Waals surface area contributed by atoms with Gasteiger partial charge in [-0.25, -0.2) is 4.98 Å². The Kier molecular flexibility index (Phi) is 7.13. The fourth-order valence-electron chi connectivity index (χ4n) is 3.06. The number of fused-ring (bicyclic) bond motifs is 1. The molecule has 158 valence electrons. The molecule has 0 aliphatic carbocycles. The van der Waals surface area contributed by atoms with E-state index in [2.05, 4.69) is 4.98 Å². The molecule has 31 heavy (non-hydrogen) atoms. The Morgan fingerprint density at radius 1 is 1.13 bits per heavy atom. The second-order valence-electron chi connectivity index (χ2n) is 6.91. The minimum absolute atomic E-state index is 0.0214. The van der Waals surface area contributed by atoms with Crippen LogP contribution in [0.25, 0.3) is 10.2 Å². The van der Waals surface area contributed by atoms with Gasteiger partial charge in [-0.3, -0.25) is 14.7 Å². The van der Waals surface area contributed by atoms with Crippen LogP contribution in [0, 0.1) is 6.92 Å². The summed E-state index contributed by atoms with van der Waals surface area (Å²) in [5, 5.41) is 2.05. The molecule has 4 aromatic rings. The van der Waals surface area contributed by atoms with E-state index in [0.717, 1.165) is 26.2 Å². The van der Waals surface area contributed by atoms with E-state index in [0.29, 0.717) is 33.9 Å². The lowest BCUT2D eigenvalue weighted by molar-refractivity contribution is -0.118. The summed E-state index contributed by atoms with van der Waals surface area (Å²) in [7, 11) is 0. The highest BCUT2D eigenvalue weighted by atomic mass is 35.5. The lowest BCUT2D eigenvalue weighted by Crippen LogP contribution is -2.30. The van der Waals surface area contributed by atoms with Crippen molar-refractivity contribution in [2.45, 2.75) is 24.8 Å². The normalized spacial score (nSPS) is 11.1. The Morgan fingerprint density at radius 2 is 1.94 bits per heavy atom. The van der Waals surface area contributed by atoms with E-state index in [4.69, 9.17) is 28.2 Å². The van der Waals surface area contributed by atoms with Crippen molar-refractivity contribution >= 4 is 67.6 Å². The van der Waals surface area contributed by atoms with Crippen LogP contribution in [0.2, 0.25) is 10.0 Å². The molecule has 2 aromatic heterocycles. The van der Waals surface area contributed by atoms with Gasteiger partial charge in [0.05, 0.1) is 16.8 Å². The van der Waals surface area contributed by atoms with Gasteiger partial charge in [-0.2, -0.15) is 0 Å². The average Bonchev–Trinajstić information content (AvgIpc) is 3.21. The van der Waals surface area contributed by atoms with Gasteiger partial charge in [0, 0.05) is 39.5 Å². The molecule has 0 unspecified atom stereocenters. The molecule has 0 bridgehead atoms. The van der Waals surface area contributed by atoms with E-state index in [1.54, 1.807) is 29.1 Å². The molecule has 2 aromatic carbocycles. The van der Waals surface area contributed by atoms with Crippen molar-refractivity contribution in [2.75, 3.05) is 10.7 Å². The van der Waals surface area contributed by atoms with Crippen molar-refractivity contribution in [2.24, 2.45) is 0 Å². The molecule has 4 nitrogen and oxygen atoms in total. The lowest BCUT2D eigenvalue weighted by atomic mass is 10.2. The van der Waals surface area contributed by atoms with E-state index in [9.17, 15) is 4.79 Å². The molecule has 0 N–H and O–H groups in total. The fourth-order valence-corrected chi connectivity index (χ4v) is 5.22. The Bertz CT molecular complexity index is 1200. The minimum Gasteiger partial charge on any atom is -0.284 e. The standard InChI is InChI=1S/C23H19Cl2N3OS2/c1-15-19(25)8-9-20-22(15)27-23(31-20)28(14-16-3-2-11-26-13-16)21(29)10-12-30-18-6-4-17(24)5-7-18/h2-9,11,13H,10,12,14H2,1H3. The summed E-state index contributed by atoms with van der Waals surface area (Å²) in [5.41, 5.74) is 2.72. The topological polar surface area (TPSA) is 46.1 Å². The molecule has 0 atom stereocenters. The van der Waals surface area contributed by atoms with Crippen LogP contribution >= 0.6 is 46.3 Å². The van der Waals surface area contributed by atoms with Crippen molar-refractivity contribution in [3.8, 4) is 0 Å². The predicted octanol–water partition coefficient (Wildman–Crippen LogP) is 7.02. The number of benzene rings is 2. The highest BCUT2D eigenvalue weighted by molar-refractivity contribution is 7.99. The van der Waals surface area contributed by atoms with E-state index in [1.165, 1.54) is 11.3 Å². The third kappa shape index (κ3) is 5.39. The monoisotopic (exact) mass is 487 g/mol. The Morgan fingerprint density at radius 3 is 2.68 bits per heavy atom. The van der Waals surface area contributed by atoms with Crippen LogP contribution in [0.4, 0.5) is 5.13 Å². The molecule has 2 heterocycles.